The van der Waals surface area contributed by atoms with E-state index in [0.29, 0.717) is 30.5 Å². The molecule has 2 aromatic carbocycles. The number of aliphatic hydroxyl groups excluding tert-OH is 1. The second-order valence-corrected chi connectivity index (χ2v) is 13.5. The minimum absolute atomic E-state index is 0.0202. The van der Waals surface area contributed by atoms with Crippen molar-refractivity contribution in [2.24, 2.45) is 12.5 Å². The lowest BCUT2D eigenvalue weighted by molar-refractivity contribution is -0.161. The molecule has 0 spiro atoms. The molecule has 0 fully saturated rings. The summed E-state index contributed by atoms with van der Waals surface area (Å²) in [5, 5.41) is 11.3. The highest BCUT2D eigenvalue weighted by Crippen LogP contribution is 2.47. The number of nitrogens with one attached hydrogen (secondary N) is 1. The van der Waals surface area contributed by atoms with E-state index in [0.717, 1.165) is 12.0 Å². The summed E-state index contributed by atoms with van der Waals surface area (Å²) >= 11 is 0. The van der Waals surface area contributed by atoms with Crippen LogP contribution in [0.4, 0.5) is 10.1 Å². The average molecular weight is 584 g/mol. The average Bonchev–Trinajstić information content (AvgIpc) is 3.33. The Bertz CT molecular complexity index is 1540. The fourth-order valence-corrected chi connectivity index (χ4v) is 6.62. The van der Waals surface area contributed by atoms with E-state index in [1.165, 1.54) is 24.7 Å². The highest BCUT2D eigenvalue weighted by molar-refractivity contribution is 7.92. The van der Waals surface area contributed by atoms with Gasteiger partial charge in [0.2, 0.25) is 0 Å². The number of aryl methyl sites for hydroxylation is 2. The van der Waals surface area contributed by atoms with Crippen molar-refractivity contribution in [3.63, 3.8) is 0 Å². The number of sulfonamides is 1. The number of aliphatic hydroxyl groups is 1. The molecule has 0 saturated carbocycles. The van der Waals surface area contributed by atoms with Gasteiger partial charge in [-0.05, 0) is 60.1 Å². The van der Waals surface area contributed by atoms with E-state index in [1.807, 2.05) is 33.8 Å². The molecule has 220 valence electrons. The number of anilines is 1. The molecule has 1 aliphatic heterocycles. The Morgan fingerprint density at radius 2 is 1.88 bits per heavy atom. The molecule has 1 aromatic heterocycles. The molecule has 0 bridgehead atoms. The van der Waals surface area contributed by atoms with Crippen LogP contribution in [0.2, 0.25) is 0 Å². The maximum Gasteiger partial charge on any atom is 0.338 e. The monoisotopic (exact) mass is 583 g/mol. The van der Waals surface area contributed by atoms with Gasteiger partial charge >= 0.3 is 5.97 Å². The summed E-state index contributed by atoms with van der Waals surface area (Å²) in [4.78, 5) is 17.6. The number of cyclic esters (lactones) is 1. The lowest BCUT2D eigenvalue weighted by atomic mass is 9.70. The minimum atomic E-state index is -3.93. The van der Waals surface area contributed by atoms with Crippen LogP contribution in [0.1, 0.15) is 70.4 Å². The Kier molecular flexibility index (Phi) is 8.63. The van der Waals surface area contributed by atoms with Gasteiger partial charge in [-0.1, -0.05) is 58.4 Å². The number of benzene rings is 2. The van der Waals surface area contributed by atoms with Crippen LogP contribution in [0.25, 0.3) is 0 Å². The Hall–Kier alpha value is -3.66. The van der Waals surface area contributed by atoms with Gasteiger partial charge in [-0.3, -0.25) is 4.72 Å². The Morgan fingerprint density at radius 1 is 1.17 bits per heavy atom. The van der Waals surface area contributed by atoms with Crippen LogP contribution in [0.5, 0.6) is 0 Å². The minimum Gasteiger partial charge on any atom is -0.512 e. The van der Waals surface area contributed by atoms with Crippen molar-refractivity contribution < 1.29 is 27.4 Å². The summed E-state index contributed by atoms with van der Waals surface area (Å²) in [5.74, 6) is -1.49. The first-order valence-corrected chi connectivity index (χ1v) is 15.2. The van der Waals surface area contributed by atoms with E-state index in [2.05, 4.69) is 9.71 Å². The van der Waals surface area contributed by atoms with E-state index in [9.17, 15) is 22.7 Å². The molecule has 4 rings (SSSR count). The Labute approximate surface area is 241 Å². The summed E-state index contributed by atoms with van der Waals surface area (Å²) in [6.07, 6.45) is 5.36. The third-order valence-electron chi connectivity index (χ3n) is 7.40. The summed E-state index contributed by atoms with van der Waals surface area (Å²) in [5.41, 5.74) is 0.661. The van der Waals surface area contributed by atoms with Crippen molar-refractivity contribution in [2.45, 2.75) is 76.3 Å². The van der Waals surface area contributed by atoms with Gasteiger partial charge in [0.1, 0.15) is 17.2 Å². The zero-order chi connectivity index (χ0) is 30.0. The molecule has 0 radical (unpaired) electrons. The first-order chi connectivity index (χ1) is 19.2. The fourth-order valence-electron chi connectivity index (χ4n) is 5.59. The van der Waals surface area contributed by atoms with Gasteiger partial charge in [-0.2, -0.15) is 8.42 Å². The maximum absolute atomic E-state index is 13.7. The van der Waals surface area contributed by atoms with Crippen molar-refractivity contribution in [1.29, 1.82) is 0 Å². The zero-order valence-corrected chi connectivity index (χ0v) is 25.0. The standard InChI is InChI=1S/C31H38FN3O5S/c1-6-15-31(16-14-21-10-12-23(32)13-11-21)18-25(36)27(29(37)40-31)28(30(2,3)4)22-8-7-9-24(17-22)34-41(38,39)26-19-35(5)20-33-26/h7-13,17,19-20,28,34,36H,6,14-16,18H2,1-5H3. The zero-order valence-electron chi connectivity index (χ0n) is 24.1. The SMILES string of the molecule is CCCC1(CCc2ccc(F)cc2)CC(O)=C(C(c2cccc(NS(=O)(=O)c3cn(C)cn3)c2)C(C)(C)C)C(=O)O1. The van der Waals surface area contributed by atoms with Gasteiger partial charge in [-0.25, -0.2) is 14.2 Å². The van der Waals surface area contributed by atoms with Crippen LogP contribution >= 0.6 is 0 Å². The number of halogens is 1. The number of rotatable bonds is 10. The van der Waals surface area contributed by atoms with Crippen molar-refractivity contribution in [3.05, 3.63) is 89.3 Å². The van der Waals surface area contributed by atoms with Gasteiger partial charge in [0.25, 0.3) is 10.0 Å². The highest BCUT2D eigenvalue weighted by atomic mass is 32.2. The van der Waals surface area contributed by atoms with Crippen LogP contribution in [-0.2, 0) is 33.0 Å². The Morgan fingerprint density at radius 3 is 2.46 bits per heavy atom. The topological polar surface area (TPSA) is 111 Å². The van der Waals surface area contributed by atoms with E-state index < -0.39 is 32.9 Å². The summed E-state index contributed by atoms with van der Waals surface area (Å²) in [6, 6.07) is 13.1. The van der Waals surface area contributed by atoms with Crippen LogP contribution in [0, 0.1) is 11.2 Å². The third kappa shape index (κ3) is 6.98. The lowest BCUT2D eigenvalue weighted by Crippen LogP contribution is -2.43. The Balaban J connectivity index is 1.65. The predicted molar refractivity (Wildman–Crippen MR) is 155 cm³/mol. The van der Waals surface area contributed by atoms with Gasteiger partial charge in [0.05, 0.1) is 11.9 Å². The van der Waals surface area contributed by atoms with E-state index >= 15 is 0 Å². The molecular formula is C31H38FN3O5S. The quantitative estimate of drug-likeness (QED) is 0.267. The number of nitrogens with zero attached hydrogens (tertiary/aromatic N) is 2. The van der Waals surface area contributed by atoms with Crippen LogP contribution < -0.4 is 4.72 Å². The second kappa shape index (κ2) is 11.7. The molecule has 2 unspecified atom stereocenters. The normalized spacial score (nSPS) is 18.7. The number of imidazole rings is 1. The fraction of sp³-hybridized carbons (Fsp3) is 0.419. The van der Waals surface area contributed by atoms with Gasteiger partial charge in [0.15, 0.2) is 5.03 Å². The molecule has 2 heterocycles. The number of aromatic nitrogens is 2. The number of carbonyl (C=O) groups excluding carboxylic acids is 1. The second-order valence-electron chi connectivity index (χ2n) is 11.9. The van der Waals surface area contributed by atoms with E-state index in [4.69, 9.17) is 4.74 Å². The molecule has 2 atom stereocenters. The van der Waals surface area contributed by atoms with Crippen molar-refractivity contribution in [3.8, 4) is 0 Å². The largest absolute Gasteiger partial charge is 0.512 e. The number of ether oxygens (including phenoxy) is 1. The molecule has 0 saturated heterocycles. The van der Waals surface area contributed by atoms with Crippen molar-refractivity contribution >= 4 is 21.7 Å². The number of hydrogen-bond donors (Lipinski definition) is 2. The van der Waals surface area contributed by atoms with Crippen molar-refractivity contribution in [1.82, 2.24) is 9.55 Å². The predicted octanol–water partition coefficient (Wildman–Crippen LogP) is 6.42. The molecule has 10 heteroatoms. The number of carbonyl (C=O) groups is 1. The molecule has 0 amide bonds. The van der Waals surface area contributed by atoms with E-state index in [1.54, 1.807) is 41.9 Å². The van der Waals surface area contributed by atoms with E-state index in [-0.39, 0.29) is 28.6 Å². The molecule has 8 nitrogen and oxygen atoms in total. The molecule has 1 aliphatic rings. The maximum atomic E-state index is 13.7. The summed E-state index contributed by atoms with van der Waals surface area (Å²) in [6.45, 7) is 7.87. The third-order valence-corrected chi connectivity index (χ3v) is 8.67. The number of hydrogen-bond acceptors (Lipinski definition) is 6. The first kappa shape index (κ1) is 30.3. The van der Waals surface area contributed by atoms with Crippen LogP contribution in [0.3, 0.4) is 0 Å². The molecule has 41 heavy (non-hydrogen) atoms. The summed E-state index contributed by atoms with van der Waals surface area (Å²) in [7, 11) is -2.24. The van der Waals surface area contributed by atoms with Crippen LogP contribution in [-0.4, -0.2) is 34.6 Å². The highest BCUT2D eigenvalue weighted by Gasteiger charge is 2.46. The van der Waals surface area contributed by atoms with Gasteiger partial charge < -0.3 is 14.4 Å². The number of esters is 1. The van der Waals surface area contributed by atoms with Gasteiger partial charge in [-0.15, -0.1) is 0 Å². The lowest BCUT2D eigenvalue weighted by Gasteiger charge is -2.41. The smallest absolute Gasteiger partial charge is 0.338 e. The summed E-state index contributed by atoms with van der Waals surface area (Å²) < 4.78 is 49.4. The molecule has 3 aromatic rings. The molecule has 0 aliphatic carbocycles. The molecular weight excluding hydrogens is 545 g/mol. The van der Waals surface area contributed by atoms with Crippen LogP contribution in [0.15, 0.2) is 77.4 Å². The van der Waals surface area contributed by atoms with Crippen molar-refractivity contribution in [2.75, 3.05) is 4.72 Å². The molecule has 2 N–H and O–H groups in total. The first-order valence-electron chi connectivity index (χ1n) is 13.7. The van der Waals surface area contributed by atoms with Gasteiger partial charge in [0, 0.05) is 31.3 Å².